The largest absolute Gasteiger partial charge is 0.350 e. The van der Waals surface area contributed by atoms with Crippen LogP contribution in [0.3, 0.4) is 0 Å². The van der Waals surface area contributed by atoms with Gasteiger partial charge in [-0.2, -0.15) is 0 Å². The minimum atomic E-state index is -1.17. The highest BCUT2D eigenvalue weighted by Crippen LogP contribution is 2.76. The number of carbonyl (C=O) groups excluding carboxylic acids is 2. The van der Waals surface area contributed by atoms with E-state index in [2.05, 4.69) is 39.7 Å². The molecule has 2 amide bonds. The Morgan fingerprint density at radius 1 is 0.909 bits per heavy atom. The molecule has 0 spiro atoms. The van der Waals surface area contributed by atoms with Gasteiger partial charge in [-0.1, -0.05) is 19.8 Å². The topological polar surface area (TPSA) is 132 Å². The summed E-state index contributed by atoms with van der Waals surface area (Å²) in [5, 5.41) is 9.66. The Labute approximate surface area is 261 Å². The molecule has 6 fully saturated rings. The maximum atomic E-state index is 15.7. The van der Waals surface area contributed by atoms with Crippen LogP contribution < -0.4 is 27.4 Å². The number of halogens is 2. The quantitative estimate of drug-likeness (QED) is 0.272. The molecule has 12 heteroatoms. The van der Waals surface area contributed by atoms with Gasteiger partial charge in [0.1, 0.15) is 12.3 Å². The lowest BCUT2D eigenvalue weighted by Gasteiger charge is -2.48. The number of likely N-dealkylation sites (N-methyl/N-ethyl adjacent to an activating group) is 1. The molecule has 250 valence electrons. The second-order valence-corrected chi connectivity index (χ2v) is 15.5. The van der Waals surface area contributed by atoms with Crippen LogP contribution in [-0.4, -0.2) is 129 Å². The van der Waals surface area contributed by atoms with Crippen molar-refractivity contribution in [3.8, 4) is 0 Å². The molecule has 0 aromatic carbocycles. The van der Waals surface area contributed by atoms with Crippen LogP contribution in [0.15, 0.2) is 0 Å². The maximum absolute atomic E-state index is 15.7. The number of hydrogen-bond acceptors (Lipinski definition) is 8. The lowest BCUT2D eigenvalue weighted by Crippen LogP contribution is -2.68. The summed E-state index contributed by atoms with van der Waals surface area (Å²) in [7, 11) is 2.08. The van der Waals surface area contributed by atoms with Gasteiger partial charge in [0, 0.05) is 57.3 Å². The first-order valence-electron chi connectivity index (χ1n) is 17.2. The van der Waals surface area contributed by atoms with Crippen molar-refractivity contribution in [1.29, 1.82) is 0 Å². The van der Waals surface area contributed by atoms with Crippen LogP contribution in [0.2, 0.25) is 0 Å². The number of rotatable bonds is 6. The molecule has 2 saturated carbocycles. The molecule has 0 aromatic heterocycles. The Morgan fingerprint density at radius 3 is 2.23 bits per heavy atom. The fraction of sp³-hybridized carbons (Fsp3) is 0.938. The summed E-state index contributed by atoms with van der Waals surface area (Å²) in [6.07, 6.45) is 5.07. The third-order valence-corrected chi connectivity index (χ3v) is 12.7. The molecular formula is C32H56F2N8O2. The van der Waals surface area contributed by atoms with E-state index in [0.717, 1.165) is 64.7 Å². The lowest BCUT2D eigenvalue weighted by molar-refractivity contribution is -0.146. The fourth-order valence-corrected chi connectivity index (χ4v) is 9.86. The lowest BCUT2D eigenvalue weighted by atomic mass is 9.71. The number of nitrogens with one attached hydrogen (secondary N) is 3. The zero-order valence-electron chi connectivity index (χ0n) is 26.8. The van der Waals surface area contributed by atoms with Crippen LogP contribution in [0.25, 0.3) is 0 Å². The number of nitrogens with two attached hydrogens (primary N) is 2. The third kappa shape index (κ3) is 6.15. The zero-order valence-corrected chi connectivity index (χ0v) is 26.8. The molecule has 2 aliphatic carbocycles. The standard InChI is InChI=1S/C32H56F2N8O2/c1-30(29(44)42-13-11-40(2)12-14-42)7-9-41(10-8-30)26-22(34)18-37-19-24(26)39-28(43)25(27(35)36)23-16-32-6-4-3-5-31(32,20-32)15-21(33)17-38-23/h21-27,37-38H,3-20,35-36H2,1-2H3,(H,39,43)/t21?,22?,23?,24?,25?,26?,31-,32?/m0/s1. The molecule has 0 aromatic rings. The molecule has 10 nitrogen and oxygen atoms in total. The van der Waals surface area contributed by atoms with Crippen molar-refractivity contribution in [2.75, 3.05) is 66.0 Å². The van der Waals surface area contributed by atoms with Crippen molar-refractivity contribution in [1.82, 2.24) is 30.7 Å². The highest BCUT2D eigenvalue weighted by Gasteiger charge is 2.68. The average molecular weight is 623 g/mol. The molecule has 44 heavy (non-hydrogen) atoms. The Balaban J connectivity index is 1.12. The van der Waals surface area contributed by atoms with Crippen molar-refractivity contribution < 1.29 is 18.4 Å². The Kier molecular flexibility index (Phi) is 9.33. The first-order valence-corrected chi connectivity index (χ1v) is 17.2. The number of likely N-dealkylation sites (tertiary alicyclic amines) is 1. The van der Waals surface area contributed by atoms with Gasteiger partial charge in [0.05, 0.1) is 24.2 Å². The van der Waals surface area contributed by atoms with E-state index in [0.29, 0.717) is 38.9 Å². The predicted molar refractivity (Wildman–Crippen MR) is 166 cm³/mol. The monoisotopic (exact) mass is 622 g/mol. The molecule has 4 saturated heterocycles. The van der Waals surface area contributed by atoms with Crippen LogP contribution in [0.1, 0.15) is 64.7 Å². The van der Waals surface area contributed by atoms with Crippen molar-refractivity contribution >= 4 is 11.8 Å². The van der Waals surface area contributed by atoms with E-state index in [4.69, 9.17) is 11.5 Å². The second-order valence-electron chi connectivity index (χ2n) is 15.5. The van der Waals surface area contributed by atoms with E-state index in [9.17, 15) is 9.59 Å². The van der Waals surface area contributed by atoms with Crippen LogP contribution in [0.4, 0.5) is 8.78 Å². The summed E-state index contributed by atoms with van der Waals surface area (Å²) >= 11 is 0. The molecule has 7 unspecified atom stereocenters. The molecule has 8 atom stereocenters. The maximum Gasteiger partial charge on any atom is 0.228 e. The van der Waals surface area contributed by atoms with Crippen LogP contribution in [0.5, 0.6) is 0 Å². The van der Waals surface area contributed by atoms with E-state index < -0.39 is 41.9 Å². The molecule has 7 N–H and O–H groups in total. The summed E-state index contributed by atoms with van der Waals surface area (Å²) in [6, 6.07) is -1.31. The van der Waals surface area contributed by atoms with Crippen molar-refractivity contribution in [2.24, 2.45) is 33.6 Å². The number of nitrogens with zero attached hydrogens (tertiary/aromatic N) is 3. The van der Waals surface area contributed by atoms with E-state index in [1.54, 1.807) is 0 Å². The van der Waals surface area contributed by atoms with E-state index in [1.807, 2.05) is 4.90 Å². The highest BCUT2D eigenvalue weighted by molar-refractivity contribution is 5.82. The number of amides is 2. The van der Waals surface area contributed by atoms with Crippen LogP contribution in [-0.2, 0) is 9.59 Å². The average Bonchev–Trinajstić information content (AvgIpc) is 3.62. The van der Waals surface area contributed by atoms with Crippen molar-refractivity contribution in [3.05, 3.63) is 0 Å². The Bertz CT molecular complexity index is 1050. The second kappa shape index (κ2) is 12.6. The van der Waals surface area contributed by atoms with Crippen LogP contribution in [0, 0.1) is 22.2 Å². The molecule has 4 aliphatic heterocycles. The number of piperazine rings is 1. The Morgan fingerprint density at radius 2 is 1.57 bits per heavy atom. The van der Waals surface area contributed by atoms with E-state index in [1.165, 1.54) is 0 Å². The molecule has 0 radical (unpaired) electrons. The highest BCUT2D eigenvalue weighted by atomic mass is 19.1. The van der Waals surface area contributed by atoms with Gasteiger partial charge < -0.3 is 37.2 Å². The van der Waals surface area contributed by atoms with Gasteiger partial charge in [0.15, 0.2) is 0 Å². The summed E-state index contributed by atoms with van der Waals surface area (Å²) in [5.41, 5.74) is 12.2. The number of alkyl halides is 2. The Hall–Kier alpha value is -1.44. The van der Waals surface area contributed by atoms with Gasteiger partial charge in [-0.15, -0.1) is 0 Å². The molecule has 6 rings (SSSR count). The van der Waals surface area contributed by atoms with Gasteiger partial charge in [0.2, 0.25) is 11.8 Å². The van der Waals surface area contributed by atoms with E-state index >= 15 is 8.78 Å². The zero-order chi connectivity index (χ0) is 31.3. The minimum absolute atomic E-state index is 0.0546. The minimum Gasteiger partial charge on any atom is -0.350 e. The van der Waals surface area contributed by atoms with Gasteiger partial charge in [0.25, 0.3) is 0 Å². The number of carbonyl (C=O) groups is 2. The van der Waals surface area contributed by atoms with Gasteiger partial charge in [-0.3, -0.25) is 14.5 Å². The number of hydrogen-bond donors (Lipinski definition) is 5. The van der Waals surface area contributed by atoms with Gasteiger partial charge in [-0.25, -0.2) is 8.78 Å². The van der Waals surface area contributed by atoms with Crippen molar-refractivity contribution in [2.45, 2.75) is 101 Å². The summed E-state index contributed by atoms with van der Waals surface area (Å²) in [4.78, 5) is 33.9. The first kappa shape index (κ1) is 32.5. The fourth-order valence-electron chi connectivity index (χ4n) is 9.86. The van der Waals surface area contributed by atoms with Crippen LogP contribution >= 0.6 is 0 Å². The first-order chi connectivity index (χ1) is 21.0. The predicted octanol–water partition coefficient (Wildman–Crippen LogP) is 0.558. The van der Waals surface area contributed by atoms with E-state index in [-0.39, 0.29) is 41.8 Å². The normalized spacial score (nSPS) is 40.7. The SMILES string of the molecule is CN1CCN(C(=O)C2(C)CCN(C3C(F)CNCC3NC(=O)C(C(N)N)C3CC45CCCC[C@]4(CC(F)CN3)C5)CC2)CC1. The summed E-state index contributed by atoms with van der Waals surface area (Å²) in [5.74, 6) is -0.831. The summed E-state index contributed by atoms with van der Waals surface area (Å²) in [6.45, 7) is 7.36. The van der Waals surface area contributed by atoms with Crippen molar-refractivity contribution in [3.63, 3.8) is 0 Å². The molecule has 6 aliphatic rings. The molecule has 0 bridgehead atoms. The smallest absolute Gasteiger partial charge is 0.228 e. The number of piperidine rings is 2. The van der Waals surface area contributed by atoms with Gasteiger partial charge >= 0.3 is 0 Å². The molecular weight excluding hydrogens is 566 g/mol. The summed E-state index contributed by atoms with van der Waals surface area (Å²) < 4.78 is 30.8. The third-order valence-electron chi connectivity index (χ3n) is 12.7. The van der Waals surface area contributed by atoms with Gasteiger partial charge in [-0.05, 0) is 75.9 Å². The molecule has 4 heterocycles.